The van der Waals surface area contributed by atoms with Crippen LogP contribution in [0, 0.1) is 0 Å². The summed E-state index contributed by atoms with van der Waals surface area (Å²) in [5.74, 6) is 0. The monoisotopic (exact) mass is 231 g/mol. The second-order valence-electron chi connectivity index (χ2n) is 3.76. The molecule has 0 saturated carbocycles. The highest BCUT2D eigenvalue weighted by atomic mass is 31.2. The van der Waals surface area contributed by atoms with Gasteiger partial charge in [-0.2, -0.15) is 0 Å². The molecule has 0 aliphatic rings. The SMILES string of the molecule is CC(C)(O)NC(C)(C)O.O=P(O)(O)O. The van der Waals surface area contributed by atoms with Gasteiger partial charge < -0.3 is 24.9 Å². The quantitative estimate of drug-likeness (QED) is 0.268. The van der Waals surface area contributed by atoms with Gasteiger partial charge in [-0.15, -0.1) is 0 Å². The van der Waals surface area contributed by atoms with Crippen molar-refractivity contribution in [3.63, 3.8) is 0 Å². The smallest absolute Gasteiger partial charge is 0.376 e. The number of aliphatic hydroxyl groups is 2. The lowest BCUT2D eigenvalue weighted by molar-refractivity contribution is -0.0634. The molecular weight excluding hydrogens is 213 g/mol. The molecule has 0 rings (SSSR count). The number of phosphoric acid groups is 1. The summed E-state index contributed by atoms with van der Waals surface area (Å²) >= 11 is 0. The van der Waals surface area contributed by atoms with E-state index in [1.807, 2.05) is 0 Å². The highest BCUT2D eigenvalue weighted by Gasteiger charge is 2.21. The van der Waals surface area contributed by atoms with Crippen molar-refractivity contribution in [2.75, 3.05) is 0 Å². The van der Waals surface area contributed by atoms with Gasteiger partial charge in [0.25, 0.3) is 0 Å². The lowest BCUT2D eigenvalue weighted by Gasteiger charge is -2.28. The first kappa shape index (κ1) is 16.4. The number of nitrogens with one attached hydrogen (secondary N) is 1. The highest BCUT2D eigenvalue weighted by Crippen LogP contribution is 2.25. The molecule has 0 heterocycles. The summed E-state index contributed by atoms with van der Waals surface area (Å²) in [6, 6.07) is 0. The van der Waals surface area contributed by atoms with Crippen LogP contribution in [0.15, 0.2) is 0 Å². The van der Waals surface area contributed by atoms with Crippen LogP contribution in [-0.4, -0.2) is 36.3 Å². The van der Waals surface area contributed by atoms with Crippen LogP contribution >= 0.6 is 7.82 Å². The van der Waals surface area contributed by atoms with Crippen LogP contribution < -0.4 is 5.32 Å². The third-order valence-corrected chi connectivity index (χ3v) is 0.612. The molecular formula is C6H18NO6P. The molecule has 0 aliphatic carbocycles. The van der Waals surface area contributed by atoms with Gasteiger partial charge in [0.05, 0.1) is 0 Å². The molecule has 8 heteroatoms. The van der Waals surface area contributed by atoms with Crippen LogP contribution in [0.1, 0.15) is 27.7 Å². The van der Waals surface area contributed by atoms with Gasteiger partial charge in [-0.3, -0.25) is 5.32 Å². The van der Waals surface area contributed by atoms with E-state index in [0.717, 1.165) is 0 Å². The van der Waals surface area contributed by atoms with E-state index < -0.39 is 19.3 Å². The topological polar surface area (TPSA) is 130 Å². The Morgan fingerprint density at radius 3 is 1.07 bits per heavy atom. The van der Waals surface area contributed by atoms with E-state index >= 15 is 0 Å². The van der Waals surface area contributed by atoms with Gasteiger partial charge in [-0.1, -0.05) is 0 Å². The van der Waals surface area contributed by atoms with Crippen LogP contribution in [0.5, 0.6) is 0 Å². The number of hydrogen-bond donors (Lipinski definition) is 6. The minimum atomic E-state index is -4.64. The average molecular weight is 231 g/mol. The molecule has 7 nitrogen and oxygen atoms in total. The van der Waals surface area contributed by atoms with E-state index in [1.54, 1.807) is 27.7 Å². The van der Waals surface area contributed by atoms with Crippen molar-refractivity contribution in [1.29, 1.82) is 0 Å². The van der Waals surface area contributed by atoms with E-state index in [1.165, 1.54) is 0 Å². The van der Waals surface area contributed by atoms with Crippen LogP contribution in [-0.2, 0) is 4.57 Å². The Bertz CT molecular complexity index is 179. The summed E-state index contributed by atoms with van der Waals surface area (Å²) in [4.78, 5) is 21.6. The van der Waals surface area contributed by atoms with Gasteiger partial charge in [-0.05, 0) is 27.7 Å². The Kier molecular flexibility index (Phi) is 6.07. The Balaban J connectivity index is 0. The third-order valence-electron chi connectivity index (χ3n) is 0.612. The molecule has 0 amide bonds. The molecule has 0 aromatic rings. The van der Waals surface area contributed by atoms with Gasteiger partial charge in [0.15, 0.2) is 0 Å². The summed E-state index contributed by atoms with van der Waals surface area (Å²) in [6.45, 7) is 6.30. The Labute approximate surface area is 82.6 Å². The first-order valence-corrected chi connectivity index (χ1v) is 5.29. The molecule has 0 radical (unpaired) electrons. The summed E-state index contributed by atoms with van der Waals surface area (Å²) in [7, 11) is -4.64. The molecule has 0 aromatic heterocycles. The Morgan fingerprint density at radius 2 is 1.07 bits per heavy atom. The van der Waals surface area contributed by atoms with Crippen molar-refractivity contribution in [3.8, 4) is 0 Å². The zero-order valence-corrected chi connectivity index (χ0v) is 9.49. The molecule has 0 atom stereocenters. The van der Waals surface area contributed by atoms with Gasteiger partial charge in [0, 0.05) is 0 Å². The first-order valence-electron chi connectivity index (χ1n) is 3.73. The molecule has 0 fully saturated rings. The zero-order chi connectivity index (χ0) is 12.2. The standard InChI is InChI=1S/C6H15NO2.H3O4P/c1-5(2,8)7-6(3,4)9;1-5(2,3)4/h7-9H,1-4H3;(H3,1,2,3,4). The highest BCUT2D eigenvalue weighted by molar-refractivity contribution is 7.45. The minimum absolute atomic E-state index is 1.02. The van der Waals surface area contributed by atoms with Gasteiger partial charge >= 0.3 is 7.82 Å². The zero-order valence-electron chi connectivity index (χ0n) is 8.59. The molecule has 88 valence electrons. The molecule has 0 aliphatic heterocycles. The molecule has 0 unspecified atom stereocenters. The van der Waals surface area contributed by atoms with E-state index in [-0.39, 0.29) is 0 Å². The van der Waals surface area contributed by atoms with Gasteiger partial charge in [-0.25, -0.2) is 4.57 Å². The fourth-order valence-corrected chi connectivity index (χ4v) is 0.749. The van der Waals surface area contributed by atoms with Crippen LogP contribution in [0.25, 0.3) is 0 Å². The second-order valence-corrected chi connectivity index (χ2v) is 4.78. The lowest BCUT2D eigenvalue weighted by atomic mass is 10.2. The van der Waals surface area contributed by atoms with E-state index in [0.29, 0.717) is 0 Å². The summed E-state index contributed by atoms with van der Waals surface area (Å²) in [5, 5.41) is 20.7. The van der Waals surface area contributed by atoms with Crippen molar-refractivity contribution in [1.82, 2.24) is 5.32 Å². The molecule has 0 bridgehead atoms. The predicted molar refractivity (Wildman–Crippen MR) is 50.0 cm³/mol. The van der Waals surface area contributed by atoms with Crippen molar-refractivity contribution >= 4 is 7.82 Å². The minimum Gasteiger partial charge on any atom is -0.376 e. The fraction of sp³-hybridized carbons (Fsp3) is 1.00. The third kappa shape index (κ3) is 40.4. The largest absolute Gasteiger partial charge is 0.466 e. The van der Waals surface area contributed by atoms with Crippen LogP contribution in [0.2, 0.25) is 0 Å². The molecule has 6 N–H and O–H groups in total. The molecule has 0 spiro atoms. The summed E-state index contributed by atoms with van der Waals surface area (Å²) in [5.41, 5.74) is -2.03. The number of rotatable bonds is 2. The van der Waals surface area contributed by atoms with Crippen molar-refractivity contribution < 1.29 is 29.5 Å². The Hall–Kier alpha value is -0.0100. The maximum absolute atomic E-state index is 9.08. The maximum atomic E-state index is 9.08. The number of hydrogen-bond acceptors (Lipinski definition) is 4. The molecule has 0 aromatic carbocycles. The van der Waals surface area contributed by atoms with Crippen molar-refractivity contribution in [3.05, 3.63) is 0 Å². The van der Waals surface area contributed by atoms with Crippen LogP contribution in [0.4, 0.5) is 0 Å². The fourth-order valence-electron chi connectivity index (χ4n) is 0.749. The first-order chi connectivity index (χ1) is 5.71. The Morgan fingerprint density at radius 1 is 0.929 bits per heavy atom. The van der Waals surface area contributed by atoms with Crippen molar-refractivity contribution in [2.45, 2.75) is 39.1 Å². The molecule has 14 heavy (non-hydrogen) atoms. The normalized spacial score (nSPS) is 13.2. The summed E-state index contributed by atoms with van der Waals surface area (Å²) in [6.07, 6.45) is 0. The van der Waals surface area contributed by atoms with E-state index in [9.17, 15) is 0 Å². The lowest BCUT2D eigenvalue weighted by Crippen LogP contribution is -2.51. The summed E-state index contributed by atoms with van der Waals surface area (Å²) < 4.78 is 8.88. The van der Waals surface area contributed by atoms with Gasteiger partial charge in [0.1, 0.15) is 11.4 Å². The maximum Gasteiger partial charge on any atom is 0.466 e. The second kappa shape index (κ2) is 5.18. The average Bonchev–Trinajstić information content (AvgIpc) is 1.42. The van der Waals surface area contributed by atoms with Crippen molar-refractivity contribution in [2.24, 2.45) is 0 Å². The van der Waals surface area contributed by atoms with Gasteiger partial charge in [0.2, 0.25) is 0 Å². The molecule has 0 saturated heterocycles. The predicted octanol–water partition coefficient (Wildman–Crippen LogP) is -0.896. The van der Waals surface area contributed by atoms with E-state index in [4.69, 9.17) is 29.5 Å². The van der Waals surface area contributed by atoms with E-state index in [2.05, 4.69) is 5.32 Å². The van der Waals surface area contributed by atoms with Crippen LogP contribution in [0.3, 0.4) is 0 Å².